The molecule has 0 radical (unpaired) electrons. The lowest BCUT2D eigenvalue weighted by atomic mass is 9.85. The fourth-order valence-electron chi connectivity index (χ4n) is 3.23. The number of hydrogen-bond donors (Lipinski definition) is 0. The monoisotopic (exact) mass is 279 g/mol. The summed E-state index contributed by atoms with van der Waals surface area (Å²) in [5.74, 6) is 0. The number of hydrogen-bond acceptors (Lipinski definition) is 4. The second-order valence-electron chi connectivity index (χ2n) is 6.88. The molecule has 1 aromatic heterocycles. The van der Waals surface area contributed by atoms with Crippen LogP contribution in [0.4, 0.5) is 0 Å². The molecule has 0 aliphatic carbocycles. The van der Waals surface area contributed by atoms with Crippen LogP contribution in [0.15, 0.2) is 5.38 Å². The first-order chi connectivity index (χ1) is 8.97. The van der Waals surface area contributed by atoms with Crippen LogP contribution in [0.2, 0.25) is 0 Å². The highest BCUT2D eigenvalue weighted by Crippen LogP contribution is 2.36. The Morgan fingerprint density at radius 1 is 1.32 bits per heavy atom. The summed E-state index contributed by atoms with van der Waals surface area (Å²) in [7, 11) is 0. The smallest absolute Gasteiger partial charge is 0.107 e. The van der Waals surface area contributed by atoms with Crippen molar-refractivity contribution in [2.75, 3.05) is 13.1 Å². The first kappa shape index (κ1) is 13.5. The second kappa shape index (κ2) is 4.83. The fourth-order valence-corrected chi connectivity index (χ4v) is 4.12. The number of rotatable bonds is 3. The van der Waals surface area contributed by atoms with E-state index < -0.39 is 0 Å². The minimum Gasteiger partial charge on any atom is -0.295 e. The van der Waals surface area contributed by atoms with Gasteiger partial charge < -0.3 is 0 Å². The van der Waals surface area contributed by atoms with E-state index in [9.17, 15) is 0 Å². The molecule has 4 heteroatoms. The average molecular weight is 279 g/mol. The van der Waals surface area contributed by atoms with Crippen molar-refractivity contribution in [1.29, 1.82) is 0 Å². The van der Waals surface area contributed by atoms with Crippen LogP contribution in [0.1, 0.15) is 44.8 Å². The van der Waals surface area contributed by atoms with Crippen LogP contribution in [-0.2, 0) is 13.0 Å². The van der Waals surface area contributed by atoms with E-state index >= 15 is 0 Å². The van der Waals surface area contributed by atoms with E-state index in [1.54, 1.807) is 0 Å². The summed E-state index contributed by atoms with van der Waals surface area (Å²) in [6, 6.07) is 1.51. The van der Waals surface area contributed by atoms with E-state index in [0.717, 1.165) is 25.0 Å². The van der Waals surface area contributed by atoms with E-state index in [-0.39, 0.29) is 0 Å². The highest BCUT2D eigenvalue weighted by molar-refractivity contribution is 7.09. The SMILES string of the molecule is CCc1csc(CN2C3CC2CN(C(C)(C)C)C3)n1. The summed E-state index contributed by atoms with van der Waals surface area (Å²) < 4.78 is 0. The Balaban J connectivity index is 1.61. The van der Waals surface area contributed by atoms with Gasteiger partial charge in [0.05, 0.1) is 12.2 Å². The van der Waals surface area contributed by atoms with Crippen LogP contribution < -0.4 is 0 Å². The van der Waals surface area contributed by atoms with Crippen LogP contribution >= 0.6 is 11.3 Å². The van der Waals surface area contributed by atoms with Crippen LogP contribution in [0.25, 0.3) is 0 Å². The molecule has 0 aromatic carbocycles. The summed E-state index contributed by atoms with van der Waals surface area (Å²) in [6.07, 6.45) is 2.44. The molecule has 106 valence electrons. The lowest BCUT2D eigenvalue weighted by molar-refractivity contribution is -0.0997. The number of piperidine rings is 1. The standard InChI is InChI=1S/C15H25N3S/c1-5-11-10-19-14(16-11)9-18-12-6-13(18)8-17(7-12)15(2,3)4/h10,12-13H,5-9H2,1-4H3. The van der Waals surface area contributed by atoms with Crippen molar-refractivity contribution in [2.24, 2.45) is 0 Å². The number of piperazine rings is 1. The van der Waals surface area contributed by atoms with Gasteiger partial charge in [0.15, 0.2) is 0 Å². The summed E-state index contributed by atoms with van der Waals surface area (Å²) >= 11 is 1.83. The van der Waals surface area contributed by atoms with Crippen LogP contribution in [0, 0.1) is 0 Å². The van der Waals surface area contributed by atoms with Gasteiger partial charge in [0.2, 0.25) is 0 Å². The van der Waals surface area contributed by atoms with E-state index in [0.29, 0.717) is 5.54 Å². The van der Waals surface area contributed by atoms with Gasteiger partial charge in [-0.1, -0.05) is 6.92 Å². The van der Waals surface area contributed by atoms with Gasteiger partial charge in [0.25, 0.3) is 0 Å². The largest absolute Gasteiger partial charge is 0.295 e. The molecule has 2 atom stereocenters. The number of fused-ring (bicyclic) bond motifs is 2. The predicted molar refractivity (Wildman–Crippen MR) is 80.6 cm³/mol. The highest BCUT2D eigenvalue weighted by Gasteiger charge is 2.46. The Hall–Kier alpha value is -0.450. The molecule has 2 bridgehead atoms. The van der Waals surface area contributed by atoms with E-state index in [4.69, 9.17) is 4.98 Å². The third-order valence-electron chi connectivity index (χ3n) is 4.57. The van der Waals surface area contributed by atoms with Crippen LogP contribution in [0.3, 0.4) is 0 Å². The van der Waals surface area contributed by atoms with Gasteiger partial charge in [-0.05, 0) is 33.6 Å². The number of thiazole rings is 1. The first-order valence-electron chi connectivity index (χ1n) is 7.41. The summed E-state index contributed by atoms with van der Waals surface area (Å²) in [6.45, 7) is 12.7. The fraction of sp³-hybridized carbons (Fsp3) is 0.800. The van der Waals surface area contributed by atoms with Gasteiger partial charge in [-0.25, -0.2) is 4.98 Å². The summed E-state index contributed by atoms with van der Waals surface area (Å²) in [5.41, 5.74) is 1.57. The lowest BCUT2D eigenvalue weighted by Gasteiger charge is -2.59. The zero-order chi connectivity index (χ0) is 13.6. The molecule has 3 heterocycles. The Bertz CT molecular complexity index is 436. The molecule has 2 fully saturated rings. The van der Waals surface area contributed by atoms with Crippen LogP contribution in [0.5, 0.6) is 0 Å². The van der Waals surface area contributed by atoms with Crippen molar-refractivity contribution in [3.8, 4) is 0 Å². The Kier molecular flexibility index (Phi) is 3.44. The van der Waals surface area contributed by atoms with Gasteiger partial charge in [-0.3, -0.25) is 9.80 Å². The van der Waals surface area contributed by atoms with Crippen molar-refractivity contribution in [3.05, 3.63) is 16.1 Å². The van der Waals surface area contributed by atoms with E-state index in [1.165, 1.54) is 30.2 Å². The number of nitrogens with zero attached hydrogens (tertiary/aromatic N) is 3. The van der Waals surface area contributed by atoms with Gasteiger partial charge in [0, 0.05) is 36.1 Å². The van der Waals surface area contributed by atoms with Crippen molar-refractivity contribution < 1.29 is 0 Å². The molecule has 0 N–H and O–H groups in total. The molecular formula is C15H25N3S. The lowest BCUT2D eigenvalue weighted by Crippen LogP contribution is -2.70. The second-order valence-corrected chi connectivity index (χ2v) is 7.82. The van der Waals surface area contributed by atoms with E-state index in [2.05, 4.69) is 42.9 Å². The minimum atomic E-state index is 0.319. The maximum atomic E-state index is 4.71. The summed E-state index contributed by atoms with van der Waals surface area (Å²) in [5, 5.41) is 3.52. The quantitative estimate of drug-likeness (QED) is 0.848. The van der Waals surface area contributed by atoms with Crippen molar-refractivity contribution >= 4 is 11.3 Å². The maximum absolute atomic E-state index is 4.71. The molecule has 0 amide bonds. The van der Waals surface area contributed by atoms with Gasteiger partial charge in [0.1, 0.15) is 5.01 Å². The zero-order valence-corrected chi connectivity index (χ0v) is 13.3. The average Bonchev–Trinajstić information content (AvgIpc) is 2.83. The first-order valence-corrected chi connectivity index (χ1v) is 8.29. The third-order valence-corrected chi connectivity index (χ3v) is 5.45. The topological polar surface area (TPSA) is 19.4 Å². The van der Waals surface area contributed by atoms with Crippen molar-refractivity contribution in [2.45, 2.75) is 64.7 Å². The molecule has 2 aliphatic rings. The molecule has 0 spiro atoms. The normalized spacial score (nSPS) is 28.4. The Morgan fingerprint density at radius 2 is 2.00 bits per heavy atom. The maximum Gasteiger partial charge on any atom is 0.107 e. The Morgan fingerprint density at radius 3 is 2.53 bits per heavy atom. The van der Waals surface area contributed by atoms with Gasteiger partial charge >= 0.3 is 0 Å². The minimum absolute atomic E-state index is 0.319. The molecule has 2 aliphatic heterocycles. The third kappa shape index (κ3) is 2.58. The van der Waals surface area contributed by atoms with Gasteiger partial charge in [-0.2, -0.15) is 0 Å². The molecule has 1 aromatic rings. The predicted octanol–water partition coefficient (Wildman–Crippen LogP) is 2.76. The summed E-state index contributed by atoms with van der Waals surface area (Å²) in [4.78, 5) is 10.0. The number of likely N-dealkylation sites (tertiary alicyclic amines) is 2. The molecular weight excluding hydrogens is 254 g/mol. The number of aromatic nitrogens is 1. The van der Waals surface area contributed by atoms with Crippen molar-refractivity contribution in [3.63, 3.8) is 0 Å². The van der Waals surface area contributed by atoms with Crippen LogP contribution in [-0.4, -0.2) is 45.5 Å². The van der Waals surface area contributed by atoms with E-state index in [1.807, 2.05) is 11.3 Å². The molecule has 19 heavy (non-hydrogen) atoms. The van der Waals surface area contributed by atoms with Crippen molar-refractivity contribution in [1.82, 2.24) is 14.8 Å². The zero-order valence-electron chi connectivity index (χ0n) is 12.5. The highest BCUT2D eigenvalue weighted by atomic mass is 32.1. The molecule has 3 nitrogen and oxygen atoms in total. The molecule has 0 saturated carbocycles. The molecule has 2 saturated heterocycles. The molecule has 2 unspecified atom stereocenters. The van der Waals surface area contributed by atoms with Gasteiger partial charge in [-0.15, -0.1) is 11.3 Å². The number of aryl methyl sites for hydroxylation is 1. The molecule has 3 rings (SSSR count). The Labute approximate surface area is 120 Å².